The van der Waals surface area contributed by atoms with Crippen molar-refractivity contribution in [1.82, 2.24) is 19.5 Å². The lowest BCUT2D eigenvalue weighted by molar-refractivity contribution is -0.385. The van der Waals surface area contributed by atoms with Crippen LogP contribution in [0.15, 0.2) is 76.0 Å². The standard InChI is InChI=1S/C18H10FN5O3S/c19-13-6-2-4-8-15(13)23-16(25)12-5-1-3-7-14(12)22-18(23)28-17-20-9-11(10-21-17)24(26)27/h1-10H. The molecule has 2 aromatic carbocycles. The Balaban J connectivity index is 1.91. The van der Waals surface area contributed by atoms with E-state index >= 15 is 0 Å². The van der Waals surface area contributed by atoms with Gasteiger partial charge in [-0.15, -0.1) is 0 Å². The van der Waals surface area contributed by atoms with Crippen LogP contribution in [0.4, 0.5) is 10.1 Å². The second-order valence-electron chi connectivity index (χ2n) is 5.59. The van der Waals surface area contributed by atoms with Crippen LogP contribution in [0.25, 0.3) is 16.6 Å². The fourth-order valence-electron chi connectivity index (χ4n) is 2.56. The van der Waals surface area contributed by atoms with Gasteiger partial charge < -0.3 is 0 Å². The number of nitro groups is 1. The molecule has 0 atom stereocenters. The molecule has 0 aliphatic carbocycles. The Labute approximate surface area is 160 Å². The average molecular weight is 395 g/mol. The van der Waals surface area contributed by atoms with Crippen LogP contribution in [0.2, 0.25) is 0 Å². The molecule has 2 aromatic heterocycles. The van der Waals surface area contributed by atoms with Crippen molar-refractivity contribution in [1.29, 1.82) is 0 Å². The van der Waals surface area contributed by atoms with Gasteiger partial charge in [-0.05, 0) is 36.0 Å². The molecule has 4 aromatic rings. The van der Waals surface area contributed by atoms with Gasteiger partial charge in [0.25, 0.3) is 5.56 Å². The molecular formula is C18H10FN5O3S. The number of nitrogens with zero attached hydrogens (tertiary/aromatic N) is 5. The van der Waals surface area contributed by atoms with Gasteiger partial charge in [0.05, 0.1) is 21.5 Å². The van der Waals surface area contributed by atoms with Crippen LogP contribution in [-0.2, 0) is 0 Å². The molecule has 4 rings (SSSR count). The molecular weight excluding hydrogens is 385 g/mol. The molecule has 0 unspecified atom stereocenters. The summed E-state index contributed by atoms with van der Waals surface area (Å²) in [6, 6.07) is 12.5. The highest BCUT2D eigenvalue weighted by Crippen LogP contribution is 2.27. The lowest BCUT2D eigenvalue weighted by Gasteiger charge is -2.13. The predicted octanol–water partition coefficient (Wildman–Crippen LogP) is 3.37. The van der Waals surface area contributed by atoms with Gasteiger partial charge in [0, 0.05) is 0 Å². The normalized spacial score (nSPS) is 10.9. The number of para-hydroxylation sites is 2. The maximum atomic E-state index is 14.4. The summed E-state index contributed by atoms with van der Waals surface area (Å²) in [5.41, 5.74) is -0.234. The molecule has 0 radical (unpaired) electrons. The zero-order valence-electron chi connectivity index (χ0n) is 14.0. The highest BCUT2D eigenvalue weighted by atomic mass is 32.2. The number of hydrogen-bond donors (Lipinski definition) is 0. The van der Waals surface area contributed by atoms with E-state index in [9.17, 15) is 19.3 Å². The van der Waals surface area contributed by atoms with E-state index in [0.29, 0.717) is 10.9 Å². The third-order valence-corrected chi connectivity index (χ3v) is 4.70. The minimum Gasteiger partial charge on any atom is -0.268 e. The van der Waals surface area contributed by atoms with Gasteiger partial charge in [0.15, 0.2) is 10.3 Å². The quantitative estimate of drug-likeness (QED) is 0.296. The second-order valence-corrected chi connectivity index (χ2v) is 6.52. The largest absolute Gasteiger partial charge is 0.305 e. The van der Waals surface area contributed by atoms with E-state index < -0.39 is 16.3 Å². The lowest BCUT2D eigenvalue weighted by atomic mass is 10.2. The van der Waals surface area contributed by atoms with Crippen molar-refractivity contribution in [2.75, 3.05) is 0 Å². The third-order valence-electron chi connectivity index (χ3n) is 3.85. The minimum atomic E-state index is -0.613. The molecule has 0 fully saturated rings. The van der Waals surface area contributed by atoms with Gasteiger partial charge in [-0.1, -0.05) is 24.3 Å². The van der Waals surface area contributed by atoms with Gasteiger partial charge >= 0.3 is 5.69 Å². The molecule has 138 valence electrons. The van der Waals surface area contributed by atoms with Crippen molar-refractivity contribution in [3.05, 3.63) is 87.2 Å². The van der Waals surface area contributed by atoms with Gasteiger partial charge in [0.2, 0.25) is 0 Å². The zero-order valence-corrected chi connectivity index (χ0v) is 14.8. The first-order valence-corrected chi connectivity index (χ1v) is 8.77. The highest BCUT2D eigenvalue weighted by Gasteiger charge is 2.18. The summed E-state index contributed by atoms with van der Waals surface area (Å²) >= 11 is 0.908. The van der Waals surface area contributed by atoms with Crippen LogP contribution < -0.4 is 5.56 Å². The summed E-state index contributed by atoms with van der Waals surface area (Å²) in [6.07, 6.45) is 2.11. The van der Waals surface area contributed by atoms with E-state index in [1.54, 1.807) is 30.3 Å². The first-order chi connectivity index (χ1) is 13.5. The molecule has 0 N–H and O–H groups in total. The Morgan fingerprint density at radius 3 is 2.43 bits per heavy atom. The molecule has 10 heteroatoms. The van der Waals surface area contributed by atoms with Crippen LogP contribution >= 0.6 is 11.8 Å². The Bertz CT molecular complexity index is 1260. The lowest BCUT2D eigenvalue weighted by Crippen LogP contribution is -2.22. The SMILES string of the molecule is O=c1c2ccccc2nc(Sc2ncc([N+](=O)[O-])cn2)n1-c1ccccc1F. The van der Waals surface area contributed by atoms with E-state index in [4.69, 9.17) is 0 Å². The summed E-state index contributed by atoms with van der Waals surface area (Å²) in [7, 11) is 0. The molecule has 28 heavy (non-hydrogen) atoms. The molecule has 2 heterocycles. The Hall–Kier alpha value is -3.66. The van der Waals surface area contributed by atoms with Crippen molar-refractivity contribution in [2.45, 2.75) is 10.3 Å². The molecule has 0 bridgehead atoms. The van der Waals surface area contributed by atoms with Crippen molar-refractivity contribution < 1.29 is 9.31 Å². The topological polar surface area (TPSA) is 104 Å². The Morgan fingerprint density at radius 1 is 1.04 bits per heavy atom. The van der Waals surface area contributed by atoms with Crippen molar-refractivity contribution in [2.24, 2.45) is 0 Å². The van der Waals surface area contributed by atoms with Gasteiger partial charge in [-0.2, -0.15) is 0 Å². The van der Waals surface area contributed by atoms with Crippen LogP contribution in [0, 0.1) is 15.9 Å². The summed E-state index contributed by atoms with van der Waals surface area (Å²) in [6.45, 7) is 0. The summed E-state index contributed by atoms with van der Waals surface area (Å²) < 4.78 is 15.6. The Kier molecular flexibility index (Phi) is 4.53. The summed E-state index contributed by atoms with van der Waals surface area (Å²) in [4.78, 5) is 35.5. The molecule has 0 aliphatic heterocycles. The van der Waals surface area contributed by atoms with Crippen molar-refractivity contribution in [3.63, 3.8) is 0 Å². The van der Waals surface area contributed by atoms with Crippen LogP contribution in [0.1, 0.15) is 0 Å². The molecule has 8 nitrogen and oxygen atoms in total. The number of hydrogen-bond acceptors (Lipinski definition) is 7. The molecule has 0 saturated heterocycles. The van der Waals surface area contributed by atoms with Gasteiger partial charge in [-0.25, -0.2) is 19.3 Å². The number of benzene rings is 2. The number of halogens is 1. The zero-order chi connectivity index (χ0) is 19.7. The molecule has 0 spiro atoms. The van der Waals surface area contributed by atoms with E-state index in [0.717, 1.165) is 28.7 Å². The number of aromatic nitrogens is 4. The summed E-state index contributed by atoms with van der Waals surface area (Å²) in [5.74, 6) is -0.590. The van der Waals surface area contributed by atoms with Gasteiger partial charge in [-0.3, -0.25) is 19.5 Å². The third kappa shape index (κ3) is 3.21. The van der Waals surface area contributed by atoms with Crippen LogP contribution in [0.3, 0.4) is 0 Å². The van der Waals surface area contributed by atoms with E-state index in [-0.39, 0.29) is 21.7 Å². The maximum absolute atomic E-state index is 14.4. The molecule has 0 amide bonds. The maximum Gasteiger partial charge on any atom is 0.305 e. The first-order valence-electron chi connectivity index (χ1n) is 7.95. The van der Waals surface area contributed by atoms with Crippen molar-refractivity contribution in [3.8, 4) is 5.69 Å². The number of rotatable bonds is 4. The average Bonchev–Trinajstić information content (AvgIpc) is 2.70. The van der Waals surface area contributed by atoms with E-state index in [2.05, 4.69) is 15.0 Å². The predicted molar refractivity (Wildman–Crippen MR) is 100 cm³/mol. The first kappa shape index (κ1) is 17.7. The summed E-state index contributed by atoms with van der Waals surface area (Å²) in [5, 5.41) is 11.4. The van der Waals surface area contributed by atoms with Gasteiger partial charge in [0.1, 0.15) is 18.2 Å². The monoisotopic (exact) mass is 395 g/mol. The van der Waals surface area contributed by atoms with E-state index in [1.807, 2.05) is 0 Å². The van der Waals surface area contributed by atoms with Crippen molar-refractivity contribution >= 4 is 28.4 Å². The second kappa shape index (κ2) is 7.16. The smallest absolute Gasteiger partial charge is 0.268 e. The number of fused-ring (bicyclic) bond motifs is 1. The van der Waals surface area contributed by atoms with Crippen LogP contribution in [-0.4, -0.2) is 24.4 Å². The minimum absolute atomic E-state index is 0.0372. The molecule has 0 aliphatic rings. The fourth-order valence-corrected chi connectivity index (χ4v) is 3.35. The Morgan fingerprint density at radius 2 is 1.71 bits per heavy atom. The van der Waals surface area contributed by atoms with E-state index in [1.165, 1.54) is 18.2 Å². The van der Waals surface area contributed by atoms with Crippen LogP contribution in [0.5, 0.6) is 0 Å². The molecule has 0 saturated carbocycles. The highest BCUT2D eigenvalue weighted by molar-refractivity contribution is 7.99. The fraction of sp³-hybridized carbons (Fsp3) is 0.